The zero-order valence-corrected chi connectivity index (χ0v) is 18.1. The van der Waals surface area contributed by atoms with E-state index in [0.717, 1.165) is 11.5 Å². The molecule has 0 aliphatic carbocycles. The van der Waals surface area contributed by atoms with Gasteiger partial charge in [-0.05, 0) is 12.1 Å². The fourth-order valence-corrected chi connectivity index (χ4v) is 2.22. The van der Waals surface area contributed by atoms with Gasteiger partial charge in [0, 0.05) is 25.6 Å². The number of hydrogen-bond donors (Lipinski definition) is 3. The van der Waals surface area contributed by atoms with E-state index >= 15 is 0 Å². The third kappa shape index (κ3) is 6.89. The molecule has 1 aromatic carbocycles. The molecule has 1 atom stereocenters. The Balaban J connectivity index is 0.00000338. The summed E-state index contributed by atoms with van der Waals surface area (Å²) in [5.41, 5.74) is -0.380. The highest BCUT2D eigenvalue weighted by Gasteiger charge is 2.21. The molecule has 0 aromatic heterocycles. The van der Waals surface area contributed by atoms with E-state index in [-0.39, 0.29) is 41.4 Å². The first-order chi connectivity index (χ1) is 11.9. The van der Waals surface area contributed by atoms with Crippen molar-refractivity contribution in [3.63, 3.8) is 0 Å². The van der Waals surface area contributed by atoms with E-state index in [1.54, 1.807) is 7.05 Å². The number of aliphatic imine (C=N–C) groups is 1. The summed E-state index contributed by atoms with van der Waals surface area (Å²) in [7, 11) is 1.70. The van der Waals surface area contributed by atoms with Crippen LogP contribution in [0.4, 0.5) is 0 Å². The van der Waals surface area contributed by atoms with Crippen LogP contribution in [0, 0.1) is 5.41 Å². The van der Waals surface area contributed by atoms with Gasteiger partial charge in [0.05, 0.1) is 6.54 Å². The Hall–Kier alpha value is -1.71. The number of benzene rings is 1. The van der Waals surface area contributed by atoms with Crippen LogP contribution in [0.1, 0.15) is 20.8 Å². The zero-order valence-electron chi connectivity index (χ0n) is 15.8. The van der Waals surface area contributed by atoms with Crippen molar-refractivity contribution >= 4 is 35.8 Å². The van der Waals surface area contributed by atoms with Crippen LogP contribution in [0.25, 0.3) is 0 Å². The van der Waals surface area contributed by atoms with Gasteiger partial charge in [-0.2, -0.15) is 0 Å². The van der Waals surface area contributed by atoms with Crippen LogP contribution in [0.15, 0.2) is 29.3 Å². The van der Waals surface area contributed by atoms with E-state index in [1.807, 2.05) is 45.0 Å². The molecule has 0 radical (unpaired) electrons. The van der Waals surface area contributed by atoms with Gasteiger partial charge in [0.15, 0.2) is 17.5 Å². The molecule has 2 rings (SSSR count). The number of nitrogens with zero attached hydrogens (tertiary/aromatic N) is 1. The number of guanidine groups is 1. The Labute approximate surface area is 172 Å². The highest BCUT2D eigenvalue weighted by molar-refractivity contribution is 14.0. The Bertz CT molecular complexity index is 617. The van der Waals surface area contributed by atoms with Crippen molar-refractivity contribution in [1.29, 1.82) is 0 Å². The fourth-order valence-electron chi connectivity index (χ4n) is 2.22. The molecule has 3 N–H and O–H groups in total. The topological polar surface area (TPSA) is 84.0 Å². The van der Waals surface area contributed by atoms with Crippen LogP contribution >= 0.6 is 24.0 Å². The van der Waals surface area contributed by atoms with E-state index in [4.69, 9.17) is 9.47 Å². The standard InChI is InChI=1S/C18H28N4O3.HI/c1-18(2,3)16(23)20-9-10-21-17(19-4)22-11-13-12-24-14-7-5-6-8-15(14)25-13;/h5-8,13H,9-12H2,1-4H3,(H,20,23)(H2,19,21,22);1H. The third-order valence-corrected chi connectivity index (χ3v) is 3.67. The molecule has 1 aliphatic heterocycles. The Morgan fingerprint density at radius 2 is 1.81 bits per heavy atom. The summed E-state index contributed by atoms with van der Waals surface area (Å²) in [4.78, 5) is 16.0. The molecule has 7 nitrogen and oxygen atoms in total. The van der Waals surface area contributed by atoms with Gasteiger partial charge in [-0.1, -0.05) is 32.9 Å². The second-order valence-electron chi connectivity index (χ2n) is 6.88. The molecule has 146 valence electrons. The predicted molar refractivity (Wildman–Crippen MR) is 114 cm³/mol. The molecular formula is C18H29IN4O3. The van der Waals surface area contributed by atoms with E-state index in [9.17, 15) is 4.79 Å². The molecule has 0 saturated carbocycles. The van der Waals surface area contributed by atoms with Gasteiger partial charge in [0.25, 0.3) is 0 Å². The third-order valence-electron chi connectivity index (χ3n) is 3.67. The van der Waals surface area contributed by atoms with Crippen molar-refractivity contribution in [2.75, 3.05) is 33.3 Å². The molecule has 0 spiro atoms. The van der Waals surface area contributed by atoms with Gasteiger partial charge >= 0.3 is 0 Å². The second-order valence-corrected chi connectivity index (χ2v) is 6.88. The number of halogens is 1. The van der Waals surface area contributed by atoms with Crippen molar-refractivity contribution in [2.45, 2.75) is 26.9 Å². The second kappa shape index (κ2) is 10.4. The quantitative estimate of drug-likeness (QED) is 0.261. The maximum atomic E-state index is 11.8. The first kappa shape index (κ1) is 22.3. The molecular weight excluding hydrogens is 447 g/mol. The van der Waals surface area contributed by atoms with Crippen LogP contribution in [0.3, 0.4) is 0 Å². The average molecular weight is 476 g/mol. The van der Waals surface area contributed by atoms with Crippen molar-refractivity contribution in [2.24, 2.45) is 10.4 Å². The summed E-state index contributed by atoms with van der Waals surface area (Å²) in [6, 6.07) is 7.63. The molecule has 0 bridgehead atoms. The monoisotopic (exact) mass is 476 g/mol. The zero-order chi connectivity index (χ0) is 18.3. The van der Waals surface area contributed by atoms with Gasteiger partial charge in [0.2, 0.25) is 5.91 Å². The van der Waals surface area contributed by atoms with Gasteiger partial charge < -0.3 is 25.4 Å². The first-order valence-corrected chi connectivity index (χ1v) is 8.51. The lowest BCUT2D eigenvalue weighted by Crippen LogP contribution is -2.47. The number of carbonyl (C=O) groups excluding carboxylic acids is 1. The SMILES string of the molecule is CN=C(NCCNC(=O)C(C)(C)C)NCC1COc2ccccc2O1.I. The van der Waals surface area contributed by atoms with Crippen molar-refractivity contribution < 1.29 is 14.3 Å². The van der Waals surface area contributed by atoms with Crippen LogP contribution in [0.2, 0.25) is 0 Å². The molecule has 1 unspecified atom stereocenters. The van der Waals surface area contributed by atoms with E-state index in [2.05, 4.69) is 20.9 Å². The minimum atomic E-state index is -0.380. The number of rotatable bonds is 5. The highest BCUT2D eigenvalue weighted by atomic mass is 127. The molecule has 1 aliphatic rings. The minimum absolute atomic E-state index is 0. The normalized spacial score (nSPS) is 16.3. The maximum Gasteiger partial charge on any atom is 0.225 e. The maximum absolute atomic E-state index is 11.8. The number of nitrogens with one attached hydrogen (secondary N) is 3. The number of para-hydroxylation sites is 2. The molecule has 8 heteroatoms. The van der Waals surface area contributed by atoms with E-state index < -0.39 is 0 Å². The lowest BCUT2D eigenvalue weighted by molar-refractivity contribution is -0.128. The predicted octanol–water partition coefficient (Wildman–Crippen LogP) is 1.77. The van der Waals surface area contributed by atoms with Gasteiger partial charge in [-0.25, -0.2) is 0 Å². The van der Waals surface area contributed by atoms with Crippen LogP contribution < -0.4 is 25.4 Å². The minimum Gasteiger partial charge on any atom is -0.486 e. The number of fused-ring (bicyclic) bond motifs is 1. The van der Waals surface area contributed by atoms with Gasteiger partial charge in [0.1, 0.15) is 12.7 Å². The molecule has 1 heterocycles. The Morgan fingerprint density at radius 3 is 2.46 bits per heavy atom. The van der Waals surface area contributed by atoms with E-state index in [1.165, 1.54) is 0 Å². The summed E-state index contributed by atoms with van der Waals surface area (Å²) in [5.74, 6) is 2.22. The summed E-state index contributed by atoms with van der Waals surface area (Å²) in [6.45, 7) is 7.85. The molecule has 26 heavy (non-hydrogen) atoms. The lowest BCUT2D eigenvalue weighted by atomic mass is 9.96. The number of ether oxygens (including phenoxy) is 2. The first-order valence-electron chi connectivity index (χ1n) is 8.51. The fraction of sp³-hybridized carbons (Fsp3) is 0.556. The van der Waals surface area contributed by atoms with Crippen molar-refractivity contribution in [3.05, 3.63) is 24.3 Å². The number of carbonyl (C=O) groups is 1. The lowest BCUT2D eigenvalue weighted by Gasteiger charge is -2.27. The smallest absolute Gasteiger partial charge is 0.225 e. The number of amides is 1. The van der Waals surface area contributed by atoms with Crippen molar-refractivity contribution in [3.8, 4) is 11.5 Å². The van der Waals surface area contributed by atoms with Crippen LogP contribution in [-0.4, -0.2) is 51.3 Å². The number of hydrogen-bond acceptors (Lipinski definition) is 4. The molecule has 0 saturated heterocycles. The summed E-state index contributed by atoms with van der Waals surface area (Å²) in [5, 5.41) is 9.26. The summed E-state index contributed by atoms with van der Waals surface area (Å²) >= 11 is 0. The average Bonchev–Trinajstić information content (AvgIpc) is 2.60. The van der Waals surface area contributed by atoms with Gasteiger partial charge in [-0.15, -0.1) is 24.0 Å². The van der Waals surface area contributed by atoms with E-state index in [0.29, 0.717) is 32.2 Å². The Morgan fingerprint density at radius 1 is 1.15 bits per heavy atom. The molecule has 1 aromatic rings. The largest absolute Gasteiger partial charge is 0.486 e. The highest BCUT2D eigenvalue weighted by Crippen LogP contribution is 2.30. The molecule has 0 fully saturated rings. The van der Waals surface area contributed by atoms with Crippen LogP contribution in [0.5, 0.6) is 11.5 Å². The van der Waals surface area contributed by atoms with Gasteiger partial charge in [-0.3, -0.25) is 9.79 Å². The van der Waals surface area contributed by atoms with Crippen molar-refractivity contribution in [1.82, 2.24) is 16.0 Å². The summed E-state index contributed by atoms with van der Waals surface area (Å²) in [6.07, 6.45) is -0.0888. The van der Waals surface area contributed by atoms with Crippen LogP contribution in [-0.2, 0) is 4.79 Å². The molecule has 1 amide bonds. The summed E-state index contributed by atoms with van der Waals surface area (Å²) < 4.78 is 11.6. The Kier molecular flexibility index (Phi) is 8.97.